The topological polar surface area (TPSA) is 107 Å². The Hall–Kier alpha value is -4.01. The fourth-order valence-electron chi connectivity index (χ4n) is 2.93. The van der Waals surface area contributed by atoms with Crippen molar-refractivity contribution in [2.45, 2.75) is 13.3 Å². The molecule has 2 N–H and O–H groups in total. The van der Waals surface area contributed by atoms with Gasteiger partial charge in [-0.15, -0.1) is 0 Å². The van der Waals surface area contributed by atoms with Crippen LogP contribution in [0, 0.1) is 0 Å². The van der Waals surface area contributed by atoms with Gasteiger partial charge < -0.3 is 18.9 Å². The van der Waals surface area contributed by atoms with E-state index in [1.807, 2.05) is 24.3 Å². The van der Waals surface area contributed by atoms with E-state index in [-0.39, 0.29) is 5.69 Å². The number of benzene rings is 2. The standard InChI is InChI=1S/C23H26N4O5/c1-5-10-32-17-8-6-16(7-9-17)18-13-19(26-25-18)23(28)27-24-14-15-11-20(29-2)22(31-4)21(12-15)30-3/h6-9,11-14H,5,10H2,1-4H3,(H,25,26)(H,27,28)/b24-14+. The Balaban J connectivity index is 1.66. The van der Waals surface area contributed by atoms with Gasteiger partial charge in [-0.05, 0) is 48.9 Å². The average Bonchev–Trinajstić information content (AvgIpc) is 3.32. The Morgan fingerprint density at radius 1 is 1.06 bits per heavy atom. The predicted octanol–water partition coefficient (Wildman–Crippen LogP) is 3.66. The van der Waals surface area contributed by atoms with Crippen molar-refractivity contribution in [3.63, 3.8) is 0 Å². The molecule has 0 aliphatic rings. The first-order chi connectivity index (χ1) is 15.6. The number of carbonyl (C=O) groups excluding carboxylic acids is 1. The van der Waals surface area contributed by atoms with E-state index in [1.54, 1.807) is 18.2 Å². The minimum absolute atomic E-state index is 0.286. The van der Waals surface area contributed by atoms with Crippen molar-refractivity contribution in [2.24, 2.45) is 5.10 Å². The first-order valence-corrected chi connectivity index (χ1v) is 10.0. The van der Waals surface area contributed by atoms with Gasteiger partial charge >= 0.3 is 0 Å². The highest BCUT2D eigenvalue weighted by atomic mass is 16.5. The summed E-state index contributed by atoms with van der Waals surface area (Å²) in [5.41, 5.74) is 4.93. The van der Waals surface area contributed by atoms with E-state index in [0.29, 0.717) is 35.1 Å². The van der Waals surface area contributed by atoms with Gasteiger partial charge in [0.05, 0.1) is 39.8 Å². The van der Waals surface area contributed by atoms with E-state index in [1.165, 1.54) is 27.5 Å². The number of rotatable bonds is 10. The summed E-state index contributed by atoms with van der Waals surface area (Å²) in [6.45, 7) is 2.72. The largest absolute Gasteiger partial charge is 0.494 e. The van der Waals surface area contributed by atoms with Crippen molar-refractivity contribution < 1.29 is 23.7 Å². The van der Waals surface area contributed by atoms with Gasteiger partial charge in [0.1, 0.15) is 11.4 Å². The fourth-order valence-corrected chi connectivity index (χ4v) is 2.93. The summed E-state index contributed by atoms with van der Waals surface area (Å²) in [4.78, 5) is 12.4. The smallest absolute Gasteiger partial charge is 0.289 e. The fraction of sp³-hybridized carbons (Fsp3) is 0.261. The summed E-state index contributed by atoms with van der Waals surface area (Å²) in [6, 6.07) is 12.6. The van der Waals surface area contributed by atoms with Crippen LogP contribution in [-0.4, -0.2) is 50.3 Å². The Morgan fingerprint density at radius 3 is 2.34 bits per heavy atom. The van der Waals surface area contributed by atoms with Gasteiger partial charge in [-0.25, -0.2) is 5.43 Å². The molecule has 0 spiro atoms. The first-order valence-electron chi connectivity index (χ1n) is 10.0. The lowest BCUT2D eigenvalue weighted by Gasteiger charge is -2.12. The molecule has 3 rings (SSSR count). The minimum Gasteiger partial charge on any atom is -0.494 e. The summed E-state index contributed by atoms with van der Waals surface area (Å²) in [5, 5.41) is 10.9. The first kappa shape index (κ1) is 22.7. The molecule has 0 aliphatic carbocycles. The van der Waals surface area contributed by atoms with Crippen LogP contribution in [0.4, 0.5) is 0 Å². The monoisotopic (exact) mass is 438 g/mol. The Bertz CT molecular complexity index is 1050. The second-order valence-electron chi connectivity index (χ2n) is 6.70. The molecule has 3 aromatic rings. The number of nitrogens with one attached hydrogen (secondary N) is 2. The molecule has 0 aliphatic heterocycles. The molecule has 0 saturated heterocycles. The summed E-state index contributed by atoms with van der Waals surface area (Å²) < 4.78 is 21.5. The molecule has 0 saturated carbocycles. The highest BCUT2D eigenvalue weighted by molar-refractivity contribution is 5.94. The SMILES string of the molecule is CCCOc1ccc(-c2cc(C(=O)N/N=C/c3cc(OC)c(OC)c(OC)c3)[nH]n2)cc1. The number of H-pyrrole nitrogens is 1. The molecular formula is C23H26N4O5. The Morgan fingerprint density at radius 2 is 1.75 bits per heavy atom. The van der Waals surface area contributed by atoms with E-state index < -0.39 is 5.91 Å². The van der Waals surface area contributed by atoms with Gasteiger partial charge in [0.25, 0.3) is 5.91 Å². The van der Waals surface area contributed by atoms with Gasteiger partial charge in [0.15, 0.2) is 11.5 Å². The number of amides is 1. The predicted molar refractivity (Wildman–Crippen MR) is 121 cm³/mol. The zero-order chi connectivity index (χ0) is 22.9. The van der Waals surface area contributed by atoms with E-state index in [9.17, 15) is 4.79 Å². The Kier molecular flexibility index (Phi) is 7.69. The third-order valence-corrected chi connectivity index (χ3v) is 4.51. The highest BCUT2D eigenvalue weighted by Gasteiger charge is 2.13. The molecule has 32 heavy (non-hydrogen) atoms. The van der Waals surface area contributed by atoms with Crippen molar-refractivity contribution in [3.05, 3.63) is 53.7 Å². The minimum atomic E-state index is -0.421. The number of hydrazone groups is 1. The lowest BCUT2D eigenvalue weighted by Crippen LogP contribution is -2.18. The second kappa shape index (κ2) is 10.9. The molecule has 0 unspecified atom stereocenters. The number of ether oxygens (including phenoxy) is 4. The lowest BCUT2D eigenvalue weighted by atomic mass is 10.1. The van der Waals surface area contributed by atoms with Gasteiger partial charge in [-0.3, -0.25) is 9.89 Å². The number of methoxy groups -OCH3 is 3. The van der Waals surface area contributed by atoms with Crippen LogP contribution in [0.15, 0.2) is 47.6 Å². The lowest BCUT2D eigenvalue weighted by molar-refractivity contribution is 0.0950. The zero-order valence-electron chi connectivity index (χ0n) is 18.5. The van der Waals surface area contributed by atoms with Gasteiger partial charge in [0.2, 0.25) is 5.75 Å². The van der Waals surface area contributed by atoms with Crippen molar-refractivity contribution in [3.8, 4) is 34.3 Å². The van der Waals surface area contributed by atoms with Crippen LogP contribution in [0.2, 0.25) is 0 Å². The number of aromatic nitrogens is 2. The third-order valence-electron chi connectivity index (χ3n) is 4.51. The summed E-state index contributed by atoms with van der Waals surface area (Å²) in [5.74, 6) is 1.83. The van der Waals surface area contributed by atoms with Crippen LogP contribution in [0.25, 0.3) is 11.3 Å². The van der Waals surface area contributed by atoms with Crippen molar-refractivity contribution in [1.29, 1.82) is 0 Å². The molecule has 1 amide bonds. The van der Waals surface area contributed by atoms with Gasteiger partial charge in [-0.2, -0.15) is 10.2 Å². The van der Waals surface area contributed by atoms with Crippen LogP contribution in [0.1, 0.15) is 29.4 Å². The maximum absolute atomic E-state index is 12.4. The maximum Gasteiger partial charge on any atom is 0.289 e. The average molecular weight is 438 g/mol. The number of hydrogen-bond donors (Lipinski definition) is 2. The third kappa shape index (κ3) is 5.37. The van der Waals surface area contributed by atoms with Crippen LogP contribution < -0.4 is 24.4 Å². The summed E-state index contributed by atoms with van der Waals surface area (Å²) >= 11 is 0. The molecule has 1 heterocycles. The van der Waals surface area contributed by atoms with Crippen molar-refractivity contribution in [1.82, 2.24) is 15.6 Å². The van der Waals surface area contributed by atoms with Crippen molar-refractivity contribution in [2.75, 3.05) is 27.9 Å². The van der Waals surface area contributed by atoms with Gasteiger partial charge in [0, 0.05) is 11.1 Å². The van der Waals surface area contributed by atoms with Crippen LogP contribution in [0.5, 0.6) is 23.0 Å². The molecule has 168 valence electrons. The molecule has 1 aromatic heterocycles. The van der Waals surface area contributed by atoms with Crippen LogP contribution in [0.3, 0.4) is 0 Å². The molecular weight excluding hydrogens is 412 g/mol. The van der Waals surface area contributed by atoms with Crippen molar-refractivity contribution >= 4 is 12.1 Å². The van der Waals surface area contributed by atoms with Crippen LogP contribution >= 0.6 is 0 Å². The molecule has 9 nitrogen and oxygen atoms in total. The molecule has 0 radical (unpaired) electrons. The molecule has 9 heteroatoms. The quantitative estimate of drug-likeness (QED) is 0.370. The number of aromatic amines is 1. The second-order valence-corrected chi connectivity index (χ2v) is 6.70. The summed E-state index contributed by atoms with van der Waals surface area (Å²) in [7, 11) is 4.59. The molecule has 0 atom stereocenters. The van der Waals surface area contributed by atoms with E-state index >= 15 is 0 Å². The zero-order valence-corrected chi connectivity index (χ0v) is 18.5. The molecule has 2 aromatic carbocycles. The number of hydrogen-bond acceptors (Lipinski definition) is 7. The van der Waals surface area contributed by atoms with Crippen LogP contribution in [-0.2, 0) is 0 Å². The van der Waals surface area contributed by atoms with E-state index in [2.05, 4.69) is 27.6 Å². The van der Waals surface area contributed by atoms with E-state index in [0.717, 1.165) is 17.7 Å². The molecule has 0 bridgehead atoms. The number of carbonyl (C=O) groups is 1. The van der Waals surface area contributed by atoms with Gasteiger partial charge in [-0.1, -0.05) is 6.92 Å². The normalized spacial score (nSPS) is 10.8. The summed E-state index contributed by atoms with van der Waals surface area (Å²) in [6.07, 6.45) is 2.43. The van der Waals surface area contributed by atoms with E-state index in [4.69, 9.17) is 18.9 Å². The Labute approximate surface area is 186 Å². The maximum atomic E-state index is 12.4. The highest BCUT2D eigenvalue weighted by Crippen LogP contribution is 2.37. The number of nitrogens with zero attached hydrogens (tertiary/aromatic N) is 2. The molecule has 0 fully saturated rings.